The minimum atomic E-state index is 0.0779. The second-order valence-electron chi connectivity index (χ2n) is 8.36. The topological polar surface area (TPSA) is 47.4 Å². The van der Waals surface area contributed by atoms with Gasteiger partial charge in [0.05, 0.1) is 17.6 Å². The van der Waals surface area contributed by atoms with Crippen molar-refractivity contribution in [3.8, 4) is 5.75 Å². The largest absolute Gasteiger partial charge is 0.494 e. The molecular weight excluding hydrogens is 478 g/mol. The van der Waals surface area contributed by atoms with Crippen LogP contribution in [0, 0.1) is 0 Å². The summed E-state index contributed by atoms with van der Waals surface area (Å²) in [6.45, 7) is 2.20. The van der Waals surface area contributed by atoms with Crippen molar-refractivity contribution in [2.75, 3.05) is 18.1 Å². The van der Waals surface area contributed by atoms with Gasteiger partial charge in [0.25, 0.3) is 0 Å². The van der Waals surface area contributed by atoms with Gasteiger partial charge in [-0.1, -0.05) is 46.3 Å². The average molecular weight is 504 g/mol. The third-order valence-corrected chi connectivity index (χ3v) is 6.63. The molecule has 1 aliphatic rings. The van der Waals surface area contributed by atoms with Gasteiger partial charge >= 0.3 is 0 Å². The van der Waals surface area contributed by atoms with Gasteiger partial charge in [0.1, 0.15) is 11.6 Å². The van der Waals surface area contributed by atoms with E-state index in [9.17, 15) is 4.79 Å². The number of benzene rings is 3. The van der Waals surface area contributed by atoms with Crippen molar-refractivity contribution in [1.82, 2.24) is 9.55 Å². The predicted molar refractivity (Wildman–Crippen MR) is 135 cm³/mol. The van der Waals surface area contributed by atoms with Crippen LogP contribution >= 0.6 is 15.9 Å². The molecule has 168 valence electrons. The number of para-hydroxylation sites is 3. The molecule has 1 fully saturated rings. The number of aromatic nitrogens is 2. The fourth-order valence-corrected chi connectivity index (χ4v) is 4.73. The normalized spacial score (nSPS) is 16.0. The standard InChI is InChI=1S/C27H26BrN3O2/c28-21-12-14-22(15-13-21)31-19-20(18-26(31)32)27-29-24-10-4-5-11-25(24)30(27)16-6-7-17-33-23-8-2-1-3-9-23/h1-5,8-15,20H,6-7,16-19H2. The van der Waals surface area contributed by atoms with Gasteiger partial charge in [0.2, 0.25) is 5.91 Å². The highest BCUT2D eigenvalue weighted by Crippen LogP contribution is 2.33. The predicted octanol–water partition coefficient (Wildman–Crippen LogP) is 6.18. The zero-order valence-electron chi connectivity index (χ0n) is 18.4. The van der Waals surface area contributed by atoms with Crippen LogP contribution in [0.4, 0.5) is 5.69 Å². The summed E-state index contributed by atoms with van der Waals surface area (Å²) >= 11 is 3.47. The summed E-state index contributed by atoms with van der Waals surface area (Å²) in [6.07, 6.45) is 2.42. The van der Waals surface area contributed by atoms with Crippen LogP contribution < -0.4 is 9.64 Å². The Morgan fingerprint density at radius 2 is 1.70 bits per heavy atom. The Hall–Kier alpha value is -3.12. The number of hydrogen-bond donors (Lipinski definition) is 0. The third-order valence-electron chi connectivity index (χ3n) is 6.10. The van der Waals surface area contributed by atoms with Crippen LogP contribution in [-0.4, -0.2) is 28.6 Å². The van der Waals surface area contributed by atoms with Gasteiger partial charge in [0, 0.05) is 35.6 Å². The van der Waals surface area contributed by atoms with Gasteiger partial charge < -0.3 is 14.2 Å². The first-order chi connectivity index (χ1) is 16.2. The highest BCUT2D eigenvalue weighted by molar-refractivity contribution is 9.10. The van der Waals surface area contributed by atoms with Crippen molar-refractivity contribution in [2.45, 2.75) is 31.7 Å². The van der Waals surface area contributed by atoms with E-state index in [4.69, 9.17) is 9.72 Å². The van der Waals surface area contributed by atoms with E-state index in [0.717, 1.165) is 52.2 Å². The zero-order chi connectivity index (χ0) is 22.6. The Morgan fingerprint density at radius 3 is 2.52 bits per heavy atom. The summed E-state index contributed by atoms with van der Waals surface area (Å²) < 4.78 is 9.16. The molecule has 0 aliphatic carbocycles. The summed E-state index contributed by atoms with van der Waals surface area (Å²) in [5, 5.41) is 0. The van der Waals surface area contributed by atoms with E-state index in [-0.39, 0.29) is 11.8 Å². The molecule has 0 radical (unpaired) electrons. The van der Waals surface area contributed by atoms with E-state index in [1.807, 2.05) is 65.6 Å². The Kier molecular flexibility index (Phi) is 6.44. The molecule has 0 N–H and O–H groups in total. The van der Waals surface area contributed by atoms with Crippen LogP contribution in [0.25, 0.3) is 11.0 Å². The van der Waals surface area contributed by atoms with Crippen molar-refractivity contribution in [2.24, 2.45) is 0 Å². The van der Waals surface area contributed by atoms with Crippen LogP contribution in [0.15, 0.2) is 83.3 Å². The van der Waals surface area contributed by atoms with E-state index in [1.54, 1.807) is 0 Å². The maximum Gasteiger partial charge on any atom is 0.227 e. The molecule has 1 saturated heterocycles. The lowest BCUT2D eigenvalue weighted by molar-refractivity contribution is -0.117. The molecule has 0 spiro atoms. The molecule has 1 unspecified atom stereocenters. The van der Waals surface area contributed by atoms with Gasteiger partial charge in [-0.15, -0.1) is 0 Å². The second kappa shape index (κ2) is 9.79. The lowest BCUT2D eigenvalue weighted by atomic mass is 10.1. The Labute approximate surface area is 202 Å². The lowest BCUT2D eigenvalue weighted by Gasteiger charge is -2.17. The monoisotopic (exact) mass is 503 g/mol. The highest BCUT2D eigenvalue weighted by atomic mass is 79.9. The number of fused-ring (bicyclic) bond motifs is 1. The number of carbonyl (C=O) groups is 1. The van der Waals surface area contributed by atoms with E-state index in [2.05, 4.69) is 38.7 Å². The molecule has 4 aromatic rings. The Balaban J connectivity index is 1.30. The summed E-state index contributed by atoms with van der Waals surface area (Å²) in [4.78, 5) is 19.7. The first-order valence-corrected chi connectivity index (χ1v) is 12.2. The summed E-state index contributed by atoms with van der Waals surface area (Å²) in [5.41, 5.74) is 3.06. The van der Waals surface area contributed by atoms with E-state index < -0.39 is 0 Å². The summed E-state index contributed by atoms with van der Waals surface area (Å²) in [7, 11) is 0. The number of nitrogens with zero attached hydrogens (tertiary/aromatic N) is 3. The van der Waals surface area contributed by atoms with Gasteiger partial charge in [-0.2, -0.15) is 0 Å². The quantitative estimate of drug-likeness (QED) is 0.269. The maximum atomic E-state index is 12.9. The Bertz CT molecular complexity index is 1240. The van der Waals surface area contributed by atoms with Crippen LogP contribution in [-0.2, 0) is 11.3 Å². The number of ether oxygens (including phenoxy) is 1. The number of amides is 1. The molecule has 0 saturated carbocycles. The molecule has 5 nitrogen and oxygen atoms in total. The SMILES string of the molecule is O=C1CC(c2nc3ccccc3n2CCCCOc2ccccc2)CN1c1ccc(Br)cc1. The smallest absolute Gasteiger partial charge is 0.227 e. The summed E-state index contributed by atoms with van der Waals surface area (Å²) in [5.74, 6) is 2.14. The number of aryl methyl sites for hydroxylation is 1. The van der Waals surface area contributed by atoms with Crippen LogP contribution in [0.5, 0.6) is 5.75 Å². The van der Waals surface area contributed by atoms with Crippen molar-refractivity contribution in [3.63, 3.8) is 0 Å². The number of halogens is 1. The first kappa shape index (κ1) is 21.7. The minimum absolute atomic E-state index is 0.0779. The van der Waals surface area contributed by atoms with Crippen molar-refractivity contribution in [1.29, 1.82) is 0 Å². The second-order valence-corrected chi connectivity index (χ2v) is 9.28. The fourth-order valence-electron chi connectivity index (χ4n) is 4.47. The number of hydrogen-bond acceptors (Lipinski definition) is 3. The first-order valence-electron chi connectivity index (χ1n) is 11.4. The molecule has 5 rings (SSSR count). The van der Waals surface area contributed by atoms with Gasteiger partial charge in [0.15, 0.2) is 0 Å². The van der Waals surface area contributed by atoms with E-state index >= 15 is 0 Å². The van der Waals surface area contributed by atoms with Gasteiger partial charge in [-0.05, 0) is 61.4 Å². The number of rotatable bonds is 8. The van der Waals surface area contributed by atoms with E-state index in [0.29, 0.717) is 19.6 Å². The number of carbonyl (C=O) groups excluding carboxylic acids is 1. The number of anilines is 1. The van der Waals surface area contributed by atoms with E-state index in [1.165, 1.54) is 0 Å². The Morgan fingerprint density at radius 1 is 0.939 bits per heavy atom. The van der Waals surface area contributed by atoms with Gasteiger partial charge in [-0.25, -0.2) is 4.98 Å². The molecule has 1 aliphatic heterocycles. The molecule has 33 heavy (non-hydrogen) atoms. The molecule has 1 aromatic heterocycles. The molecule has 1 amide bonds. The van der Waals surface area contributed by atoms with Crippen LogP contribution in [0.3, 0.4) is 0 Å². The van der Waals surface area contributed by atoms with Crippen molar-refractivity contribution in [3.05, 3.63) is 89.2 Å². The molecule has 0 bridgehead atoms. The molecule has 3 aromatic carbocycles. The maximum absolute atomic E-state index is 12.9. The minimum Gasteiger partial charge on any atom is -0.494 e. The molecule has 6 heteroatoms. The molecule has 2 heterocycles. The fraction of sp³-hybridized carbons (Fsp3) is 0.259. The summed E-state index contributed by atoms with van der Waals surface area (Å²) in [6, 6.07) is 26.1. The molecular formula is C27H26BrN3O2. The average Bonchev–Trinajstić information content (AvgIpc) is 3.41. The zero-order valence-corrected chi connectivity index (χ0v) is 19.9. The van der Waals surface area contributed by atoms with Crippen molar-refractivity contribution >= 4 is 38.6 Å². The number of imidazole rings is 1. The van der Waals surface area contributed by atoms with Crippen LogP contribution in [0.2, 0.25) is 0 Å². The highest BCUT2D eigenvalue weighted by Gasteiger charge is 2.34. The van der Waals surface area contributed by atoms with Gasteiger partial charge in [-0.3, -0.25) is 4.79 Å². The van der Waals surface area contributed by atoms with Crippen molar-refractivity contribution < 1.29 is 9.53 Å². The van der Waals surface area contributed by atoms with Crippen LogP contribution in [0.1, 0.15) is 31.0 Å². The third kappa shape index (κ3) is 4.81. The molecule has 1 atom stereocenters. The number of unbranched alkanes of at least 4 members (excludes halogenated alkanes) is 1. The lowest BCUT2D eigenvalue weighted by Crippen LogP contribution is -2.24.